The molecule has 1 fully saturated rings. The first kappa shape index (κ1) is 13.6. The zero-order chi connectivity index (χ0) is 13.0. The molecule has 1 atom stereocenters. The Morgan fingerprint density at radius 1 is 1.22 bits per heavy atom. The van der Waals surface area contributed by atoms with E-state index in [2.05, 4.69) is 37.4 Å². The summed E-state index contributed by atoms with van der Waals surface area (Å²) in [7, 11) is 0. The van der Waals surface area contributed by atoms with E-state index < -0.39 is 0 Å². The second-order valence-electron chi connectivity index (χ2n) is 5.75. The second kappa shape index (κ2) is 6.35. The molecule has 0 aliphatic heterocycles. The third-order valence-corrected chi connectivity index (χ3v) is 4.05. The van der Waals surface area contributed by atoms with Crippen LogP contribution in [0, 0.1) is 19.8 Å². The number of benzene rings is 1. The van der Waals surface area contributed by atoms with Gasteiger partial charge in [0.2, 0.25) is 0 Å². The Balaban J connectivity index is 1.89. The Bertz CT molecular complexity index is 362. The topological polar surface area (TPSA) is 38.0 Å². The molecule has 2 nitrogen and oxygen atoms in total. The van der Waals surface area contributed by atoms with E-state index in [-0.39, 0.29) is 0 Å². The van der Waals surface area contributed by atoms with Crippen molar-refractivity contribution in [2.75, 3.05) is 13.1 Å². The Morgan fingerprint density at radius 3 is 2.39 bits per heavy atom. The van der Waals surface area contributed by atoms with E-state index in [0.717, 1.165) is 12.5 Å². The Kier molecular flexibility index (Phi) is 4.79. The summed E-state index contributed by atoms with van der Waals surface area (Å²) in [5, 5.41) is 3.61. The Labute approximate surface area is 111 Å². The van der Waals surface area contributed by atoms with Crippen molar-refractivity contribution in [3.8, 4) is 0 Å². The number of hydrogen-bond donors (Lipinski definition) is 2. The molecule has 0 saturated heterocycles. The average Bonchev–Trinajstić information content (AvgIpc) is 2.25. The van der Waals surface area contributed by atoms with Crippen LogP contribution in [0.2, 0.25) is 0 Å². The third kappa shape index (κ3) is 3.56. The van der Waals surface area contributed by atoms with Gasteiger partial charge in [-0.15, -0.1) is 0 Å². The zero-order valence-electron chi connectivity index (χ0n) is 11.7. The molecule has 0 amide bonds. The minimum absolute atomic E-state index is 0.309. The lowest BCUT2D eigenvalue weighted by Crippen LogP contribution is -2.30. The van der Waals surface area contributed by atoms with Crippen molar-refractivity contribution in [2.45, 2.75) is 45.6 Å². The van der Waals surface area contributed by atoms with Crippen LogP contribution < -0.4 is 11.1 Å². The molecule has 3 N–H and O–H groups in total. The first-order chi connectivity index (χ1) is 8.69. The summed E-state index contributed by atoms with van der Waals surface area (Å²) >= 11 is 0. The first-order valence-corrected chi connectivity index (χ1v) is 7.20. The standard InChI is InChI=1S/C16H26N2/c1-12-8-13(2)10-15(9-12)16(11-17)18-7-6-14-4-3-5-14/h8-10,14,16,18H,3-7,11,17H2,1-2H3. The molecule has 1 aliphatic carbocycles. The number of hydrogen-bond acceptors (Lipinski definition) is 2. The quantitative estimate of drug-likeness (QED) is 0.809. The Morgan fingerprint density at radius 2 is 1.89 bits per heavy atom. The van der Waals surface area contributed by atoms with E-state index in [1.54, 1.807) is 0 Å². The molecule has 0 heterocycles. The lowest BCUT2D eigenvalue weighted by atomic mass is 9.83. The fourth-order valence-corrected chi connectivity index (χ4v) is 2.79. The lowest BCUT2D eigenvalue weighted by molar-refractivity contribution is 0.288. The SMILES string of the molecule is Cc1cc(C)cc(C(CN)NCCC2CCC2)c1. The summed E-state index contributed by atoms with van der Waals surface area (Å²) in [6.45, 7) is 6.07. The van der Waals surface area contributed by atoms with Crippen LogP contribution in [-0.4, -0.2) is 13.1 Å². The maximum atomic E-state index is 5.91. The Hall–Kier alpha value is -0.860. The maximum absolute atomic E-state index is 5.91. The molecular formula is C16H26N2. The van der Waals surface area contributed by atoms with Crippen molar-refractivity contribution < 1.29 is 0 Å². The molecule has 1 aromatic rings. The van der Waals surface area contributed by atoms with Gasteiger partial charge in [-0.3, -0.25) is 0 Å². The molecule has 0 bridgehead atoms. The first-order valence-electron chi connectivity index (χ1n) is 7.20. The summed E-state index contributed by atoms with van der Waals surface area (Å²) in [6.07, 6.45) is 5.60. The molecule has 1 unspecified atom stereocenters. The minimum atomic E-state index is 0.309. The van der Waals surface area contributed by atoms with E-state index in [1.807, 2.05) is 0 Å². The van der Waals surface area contributed by atoms with E-state index >= 15 is 0 Å². The molecule has 18 heavy (non-hydrogen) atoms. The van der Waals surface area contributed by atoms with Crippen LogP contribution in [0.15, 0.2) is 18.2 Å². The van der Waals surface area contributed by atoms with Gasteiger partial charge in [-0.05, 0) is 38.3 Å². The van der Waals surface area contributed by atoms with Crippen LogP contribution in [0.3, 0.4) is 0 Å². The number of nitrogens with two attached hydrogens (primary N) is 1. The van der Waals surface area contributed by atoms with Gasteiger partial charge in [0.05, 0.1) is 0 Å². The van der Waals surface area contributed by atoms with Crippen LogP contribution in [0.1, 0.15) is 48.4 Å². The number of aryl methyl sites for hydroxylation is 2. The minimum Gasteiger partial charge on any atom is -0.329 e. The van der Waals surface area contributed by atoms with Gasteiger partial charge in [-0.1, -0.05) is 48.6 Å². The summed E-state index contributed by atoms with van der Waals surface area (Å²) in [5.74, 6) is 0.968. The van der Waals surface area contributed by atoms with Gasteiger partial charge in [0.15, 0.2) is 0 Å². The molecule has 0 spiro atoms. The van der Waals surface area contributed by atoms with Gasteiger partial charge in [-0.2, -0.15) is 0 Å². The van der Waals surface area contributed by atoms with Crippen LogP contribution in [0.4, 0.5) is 0 Å². The van der Waals surface area contributed by atoms with Crippen LogP contribution in [0.5, 0.6) is 0 Å². The largest absolute Gasteiger partial charge is 0.329 e. The molecule has 100 valence electrons. The predicted octanol–water partition coefficient (Wildman–Crippen LogP) is 3.08. The third-order valence-electron chi connectivity index (χ3n) is 4.05. The van der Waals surface area contributed by atoms with Gasteiger partial charge < -0.3 is 11.1 Å². The van der Waals surface area contributed by atoms with E-state index in [1.165, 1.54) is 42.4 Å². The summed E-state index contributed by atoms with van der Waals surface area (Å²) in [6, 6.07) is 7.02. The average molecular weight is 246 g/mol. The van der Waals surface area contributed by atoms with Crippen molar-refractivity contribution in [3.63, 3.8) is 0 Å². The van der Waals surface area contributed by atoms with Gasteiger partial charge in [0.1, 0.15) is 0 Å². The summed E-state index contributed by atoms with van der Waals surface area (Å²) in [5.41, 5.74) is 9.89. The van der Waals surface area contributed by atoms with Crippen LogP contribution in [0.25, 0.3) is 0 Å². The molecule has 1 aromatic carbocycles. The summed E-state index contributed by atoms with van der Waals surface area (Å²) in [4.78, 5) is 0. The van der Waals surface area contributed by atoms with E-state index in [0.29, 0.717) is 12.6 Å². The predicted molar refractivity (Wildman–Crippen MR) is 77.7 cm³/mol. The number of nitrogens with one attached hydrogen (secondary N) is 1. The van der Waals surface area contributed by atoms with E-state index in [4.69, 9.17) is 5.73 Å². The smallest absolute Gasteiger partial charge is 0.0444 e. The summed E-state index contributed by atoms with van der Waals surface area (Å²) < 4.78 is 0. The van der Waals surface area contributed by atoms with Crippen LogP contribution in [-0.2, 0) is 0 Å². The van der Waals surface area contributed by atoms with Crippen molar-refractivity contribution in [1.82, 2.24) is 5.32 Å². The van der Waals surface area contributed by atoms with Crippen molar-refractivity contribution >= 4 is 0 Å². The van der Waals surface area contributed by atoms with E-state index in [9.17, 15) is 0 Å². The molecule has 1 saturated carbocycles. The zero-order valence-corrected chi connectivity index (χ0v) is 11.7. The lowest BCUT2D eigenvalue weighted by Gasteiger charge is -2.26. The fourth-order valence-electron chi connectivity index (χ4n) is 2.79. The van der Waals surface area contributed by atoms with Gasteiger partial charge in [0.25, 0.3) is 0 Å². The fraction of sp³-hybridized carbons (Fsp3) is 0.625. The van der Waals surface area contributed by atoms with Crippen LogP contribution >= 0.6 is 0 Å². The molecule has 2 rings (SSSR count). The highest BCUT2D eigenvalue weighted by atomic mass is 14.9. The second-order valence-corrected chi connectivity index (χ2v) is 5.75. The van der Waals surface area contributed by atoms with Gasteiger partial charge in [-0.25, -0.2) is 0 Å². The van der Waals surface area contributed by atoms with Gasteiger partial charge >= 0.3 is 0 Å². The normalized spacial score (nSPS) is 17.5. The van der Waals surface area contributed by atoms with Crippen molar-refractivity contribution in [3.05, 3.63) is 34.9 Å². The monoisotopic (exact) mass is 246 g/mol. The molecule has 2 heteroatoms. The molecular weight excluding hydrogens is 220 g/mol. The van der Waals surface area contributed by atoms with Crippen molar-refractivity contribution in [1.29, 1.82) is 0 Å². The van der Waals surface area contributed by atoms with Crippen molar-refractivity contribution in [2.24, 2.45) is 11.7 Å². The highest BCUT2D eigenvalue weighted by Crippen LogP contribution is 2.29. The number of rotatable bonds is 6. The molecule has 0 radical (unpaired) electrons. The highest BCUT2D eigenvalue weighted by molar-refractivity contribution is 5.30. The maximum Gasteiger partial charge on any atom is 0.0444 e. The highest BCUT2D eigenvalue weighted by Gasteiger charge is 2.17. The van der Waals surface area contributed by atoms with Gasteiger partial charge in [0, 0.05) is 12.6 Å². The molecule has 1 aliphatic rings. The molecule has 0 aromatic heterocycles.